The predicted octanol–water partition coefficient (Wildman–Crippen LogP) is -0.936. The molecule has 0 aromatic carbocycles. The lowest BCUT2D eigenvalue weighted by Crippen LogP contribution is -2.51. The number of carbonyl (C=O) groups excluding carboxylic acids is 1. The molecule has 27 heavy (non-hydrogen) atoms. The van der Waals surface area contributed by atoms with Crippen LogP contribution in [0.2, 0.25) is 0 Å². The smallest absolute Gasteiger partial charge is 0.328 e. The summed E-state index contributed by atoms with van der Waals surface area (Å²) in [5.74, 6) is -5.55. The molecule has 1 atom stereocenters. The number of aliphatic carboxylic acids is 3. The van der Waals surface area contributed by atoms with Crippen LogP contribution in [0.1, 0.15) is 6.42 Å². The first-order valence-electron chi connectivity index (χ1n) is 7.67. The fourth-order valence-electron chi connectivity index (χ4n) is 2.82. The van der Waals surface area contributed by atoms with Crippen molar-refractivity contribution in [3.05, 3.63) is 36.5 Å². The maximum Gasteiger partial charge on any atom is 0.328 e. The third kappa shape index (κ3) is 6.13. The van der Waals surface area contributed by atoms with E-state index in [1.54, 1.807) is 0 Å². The van der Waals surface area contributed by atoms with Crippen LogP contribution in [0, 0.1) is 16.7 Å². The fraction of sp³-hybridized carbons (Fsp3) is 0.412. The monoisotopic (exact) mass is 386 g/mol. The van der Waals surface area contributed by atoms with E-state index in [0.29, 0.717) is 24.5 Å². The number of aliphatic hydroxyl groups is 3. The van der Waals surface area contributed by atoms with Gasteiger partial charge in [-0.1, -0.05) is 18.2 Å². The van der Waals surface area contributed by atoms with Gasteiger partial charge in [0.15, 0.2) is 0 Å². The van der Waals surface area contributed by atoms with Gasteiger partial charge >= 0.3 is 17.9 Å². The topological polar surface area (TPSA) is 190 Å². The van der Waals surface area contributed by atoms with Crippen molar-refractivity contribution in [1.82, 2.24) is 0 Å². The molecule has 0 amide bonds. The van der Waals surface area contributed by atoms with E-state index in [4.69, 9.17) is 15.3 Å². The largest absolute Gasteiger partial charge is 0.478 e. The molecule has 10 heteroatoms. The van der Waals surface area contributed by atoms with E-state index in [-0.39, 0.29) is 6.42 Å². The zero-order valence-corrected chi connectivity index (χ0v) is 14.3. The van der Waals surface area contributed by atoms with Gasteiger partial charge in [0.2, 0.25) is 0 Å². The SMILES string of the molecule is O=CCC(CO)C(CO)(CO)C(C=CC(=O)O)(C=CC(=O)O)C=CC(=O)O. The van der Waals surface area contributed by atoms with Crippen molar-refractivity contribution >= 4 is 24.2 Å². The van der Waals surface area contributed by atoms with Crippen LogP contribution in [0.5, 0.6) is 0 Å². The van der Waals surface area contributed by atoms with Gasteiger partial charge in [0.1, 0.15) is 6.29 Å². The Morgan fingerprint density at radius 1 is 0.778 bits per heavy atom. The van der Waals surface area contributed by atoms with E-state index in [0.717, 1.165) is 18.2 Å². The highest BCUT2D eigenvalue weighted by molar-refractivity contribution is 5.83. The van der Waals surface area contributed by atoms with E-state index in [1.807, 2.05) is 0 Å². The summed E-state index contributed by atoms with van der Waals surface area (Å²) in [5.41, 5.74) is -3.87. The summed E-state index contributed by atoms with van der Waals surface area (Å²) in [6.45, 7) is -2.59. The average molecular weight is 386 g/mol. The molecule has 0 aromatic heterocycles. The lowest BCUT2D eigenvalue weighted by Gasteiger charge is -2.48. The van der Waals surface area contributed by atoms with Crippen LogP contribution >= 0.6 is 0 Å². The molecule has 0 fully saturated rings. The Hall–Kier alpha value is -2.82. The molecule has 0 rings (SSSR count). The second-order valence-electron chi connectivity index (χ2n) is 5.70. The molecular weight excluding hydrogens is 364 g/mol. The average Bonchev–Trinajstić information content (AvgIpc) is 2.62. The van der Waals surface area contributed by atoms with Gasteiger partial charge in [0.05, 0.1) is 13.2 Å². The van der Waals surface area contributed by atoms with Gasteiger partial charge in [-0.15, -0.1) is 0 Å². The molecule has 0 aromatic rings. The molecule has 1 unspecified atom stereocenters. The highest BCUT2D eigenvalue weighted by Crippen LogP contribution is 2.49. The first-order valence-corrected chi connectivity index (χ1v) is 7.67. The fourth-order valence-corrected chi connectivity index (χ4v) is 2.82. The molecule has 0 bridgehead atoms. The normalized spacial score (nSPS) is 15.8. The third-order valence-electron chi connectivity index (χ3n) is 4.31. The van der Waals surface area contributed by atoms with E-state index in [9.17, 15) is 34.5 Å². The minimum atomic E-state index is -1.97. The number of carboxylic acids is 3. The molecule has 10 nitrogen and oxygen atoms in total. The predicted molar refractivity (Wildman–Crippen MR) is 90.6 cm³/mol. The molecule has 0 spiro atoms. The van der Waals surface area contributed by atoms with Gasteiger partial charge in [0, 0.05) is 48.0 Å². The lowest BCUT2D eigenvalue weighted by atomic mass is 9.56. The quantitative estimate of drug-likeness (QED) is 0.170. The van der Waals surface area contributed by atoms with Crippen molar-refractivity contribution in [2.45, 2.75) is 6.42 Å². The van der Waals surface area contributed by atoms with Crippen molar-refractivity contribution in [2.24, 2.45) is 16.7 Å². The Morgan fingerprint density at radius 3 is 1.37 bits per heavy atom. The number of allylic oxidation sites excluding steroid dienone is 3. The Kier molecular flexibility index (Phi) is 9.86. The molecular formula is C17H22O10. The molecule has 6 N–H and O–H groups in total. The highest BCUT2D eigenvalue weighted by Gasteiger charge is 2.51. The van der Waals surface area contributed by atoms with Crippen LogP contribution in [0.3, 0.4) is 0 Å². The Balaban J connectivity index is 6.99. The number of hydrogen-bond acceptors (Lipinski definition) is 7. The summed E-state index contributed by atoms with van der Waals surface area (Å²) in [6.07, 6.45) is 4.41. The molecule has 0 saturated carbocycles. The number of aldehydes is 1. The van der Waals surface area contributed by atoms with Crippen molar-refractivity contribution in [3.63, 3.8) is 0 Å². The molecule has 0 aliphatic rings. The molecule has 150 valence electrons. The number of aliphatic hydroxyl groups excluding tert-OH is 3. The minimum Gasteiger partial charge on any atom is -0.478 e. The minimum absolute atomic E-state index is 0.373. The van der Waals surface area contributed by atoms with E-state index in [2.05, 4.69) is 0 Å². The van der Waals surface area contributed by atoms with Gasteiger partial charge in [-0.2, -0.15) is 0 Å². The summed E-state index contributed by atoms with van der Waals surface area (Å²) < 4.78 is 0. The summed E-state index contributed by atoms with van der Waals surface area (Å²) in [5, 5.41) is 56.5. The standard InChI is InChI=1S/C17H22O10/c18-8-4-12(9-19)17(10-20,11-21)16(5-1-13(22)23,6-2-14(24)25)7-3-15(26)27/h1-3,5-8,12,19-21H,4,9-11H2,(H,22,23)(H,24,25)(H,26,27). The summed E-state index contributed by atoms with van der Waals surface area (Å²) in [7, 11) is 0. The maximum absolute atomic E-state index is 11.0. The lowest BCUT2D eigenvalue weighted by molar-refractivity contribution is -0.132. The van der Waals surface area contributed by atoms with Crippen LogP contribution in [0.4, 0.5) is 0 Å². The maximum atomic E-state index is 11.0. The summed E-state index contributed by atoms with van der Waals surface area (Å²) in [6, 6.07) is 0. The van der Waals surface area contributed by atoms with Crippen LogP contribution < -0.4 is 0 Å². The molecule has 0 radical (unpaired) electrons. The summed E-state index contributed by atoms with van der Waals surface area (Å²) >= 11 is 0. The van der Waals surface area contributed by atoms with Gasteiger partial charge in [-0.25, -0.2) is 14.4 Å². The van der Waals surface area contributed by atoms with Crippen LogP contribution in [-0.2, 0) is 19.2 Å². The van der Waals surface area contributed by atoms with Crippen molar-refractivity contribution in [2.75, 3.05) is 19.8 Å². The van der Waals surface area contributed by atoms with Gasteiger partial charge in [-0.05, 0) is 0 Å². The Morgan fingerprint density at radius 2 is 1.15 bits per heavy atom. The van der Waals surface area contributed by atoms with Gasteiger partial charge in [-0.3, -0.25) is 0 Å². The van der Waals surface area contributed by atoms with Gasteiger partial charge < -0.3 is 35.4 Å². The Bertz CT molecular complexity index is 568. The zero-order valence-electron chi connectivity index (χ0n) is 14.3. The third-order valence-corrected chi connectivity index (χ3v) is 4.31. The molecule has 0 heterocycles. The molecule has 0 aliphatic heterocycles. The van der Waals surface area contributed by atoms with Crippen LogP contribution in [0.15, 0.2) is 36.5 Å². The van der Waals surface area contributed by atoms with E-state index >= 15 is 0 Å². The van der Waals surface area contributed by atoms with Crippen LogP contribution in [0.25, 0.3) is 0 Å². The summed E-state index contributed by atoms with van der Waals surface area (Å²) in [4.78, 5) is 43.9. The first kappa shape index (κ1) is 24.2. The number of carbonyl (C=O) groups is 4. The van der Waals surface area contributed by atoms with E-state index < -0.39 is 54.5 Å². The van der Waals surface area contributed by atoms with Crippen molar-refractivity contribution in [1.29, 1.82) is 0 Å². The molecule has 0 aliphatic carbocycles. The highest BCUT2D eigenvalue weighted by atomic mass is 16.4. The van der Waals surface area contributed by atoms with Crippen LogP contribution in [-0.4, -0.2) is 74.7 Å². The van der Waals surface area contributed by atoms with Crippen molar-refractivity contribution < 1.29 is 49.8 Å². The number of rotatable bonds is 13. The first-order chi connectivity index (χ1) is 12.6. The number of hydrogen-bond donors (Lipinski definition) is 6. The Labute approximate surface area is 154 Å². The van der Waals surface area contributed by atoms with Gasteiger partial charge in [0.25, 0.3) is 0 Å². The molecule has 0 saturated heterocycles. The zero-order chi connectivity index (χ0) is 21.1. The van der Waals surface area contributed by atoms with Crippen molar-refractivity contribution in [3.8, 4) is 0 Å². The second kappa shape index (κ2) is 11.0. The van der Waals surface area contributed by atoms with E-state index in [1.165, 1.54) is 0 Å². The second-order valence-corrected chi connectivity index (χ2v) is 5.70. The number of carboxylic acid groups (broad SMARTS) is 3.